The normalized spacial score (nSPS) is 11.0. The number of nitrogens with zero attached hydrogens (tertiary/aromatic N) is 3. The number of amides is 1. The van der Waals surface area contributed by atoms with Gasteiger partial charge in [-0.2, -0.15) is 0 Å². The van der Waals surface area contributed by atoms with Gasteiger partial charge in [-0.25, -0.2) is 0 Å². The highest BCUT2D eigenvalue weighted by atomic mass is 32.2. The Balaban J connectivity index is 1.47. The van der Waals surface area contributed by atoms with Gasteiger partial charge in [0.15, 0.2) is 5.16 Å². The number of carbonyl (C=O) groups is 1. The van der Waals surface area contributed by atoms with E-state index in [4.69, 9.17) is 0 Å². The lowest BCUT2D eigenvalue weighted by Crippen LogP contribution is -2.14. The van der Waals surface area contributed by atoms with Gasteiger partial charge in [-0.05, 0) is 53.9 Å². The zero-order valence-electron chi connectivity index (χ0n) is 19.7. The zero-order chi connectivity index (χ0) is 24.2. The van der Waals surface area contributed by atoms with Gasteiger partial charge in [-0.15, -0.1) is 10.2 Å². The lowest BCUT2D eigenvalue weighted by molar-refractivity contribution is -0.113. The van der Waals surface area contributed by atoms with Gasteiger partial charge in [-0.3, -0.25) is 9.36 Å². The molecule has 0 aliphatic rings. The number of rotatable bonds is 7. The molecule has 1 heterocycles. The van der Waals surface area contributed by atoms with E-state index in [2.05, 4.69) is 94.6 Å². The van der Waals surface area contributed by atoms with Gasteiger partial charge in [-0.1, -0.05) is 90.1 Å². The molecule has 0 radical (unpaired) electrons. The van der Waals surface area contributed by atoms with Gasteiger partial charge in [0.1, 0.15) is 5.82 Å². The number of fused-ring (bicyclic) bond motifs is 1. The third kappa shape index (κ3) is 5.12. The molecule has 0 saturated carbocycles. The van der Waals surface area contributed by atoms with Crippen LogP contribution in [0.25, 0.3) is 16.5 Å². The molecule has 35 heavy (non-hydrogen) atoms. The summed E-state index contributed by atoms with van der Waals surface area (Å²) >= 11 is 1.39. The van der Waals surface area contributed by atoms with Crippen LogP contribution in [0.4, 0.5) is 5.69 Å². The third-order valence-electron chi connectivity index (χ3n) is 5.91. The second-order valence-electron chi connectivity index (χ2n) is 8.54. The van der Waals surface area contributed by atoms with Crippen LogP contribution < -0.4 is 5.32 Å². The SMILES string of the molecule is Cc1ccc(-n2c(Cc3cccc4ccccc34)nnc2SCC(=O)Nc2ccccc2)c(C)c1. The molecular formula is C29H26N4OS. The van der Waals surface area contributed by atoms with E-state index >= 15 is 0 Å². The molecule has 4 aromatic carbocycles. The van der Waals surface area contributed by atoms with E-state index in [-0.39, 0.29) is 11.7 Å². The van der Waals surface area contributed by atoms with E-state index in [0.717, 1.165) is 22.8 Å². The first-order valence-electron chi connectivity index (χ1n) is 11.5. The molecular weight excluding hydrogens is 452 g/mol. The summed E-state index contributed by atoms with van der Waals surface area (Å²) in [5.41, 5.74) is 5.35. The van der Waals surface area contributed by atoms with Crippen LogP contribution in [0.3, 0.4) is 0 Å². The quantitative estimate of drug-likeness (QED) is 0.277. The highest BCUT2D eigenvalue weighted by molar-refractivity contribution is 7.99. The summed E-state index contributed by atoms with van der Waals surface area (Å²) in [5, 5.41) is 15.1. The van der Waals surface area contributed by atoms with Crippen LogP contribution >= 0.6 is 11.8 Å². The minimum atomic E-state index is -0.0769. The molecule has 0 unspecified atom stereocenters. The van der Waals surface area contributed by atoms with Crippen molar-refractivity contribution in [1.82, 2.24) is 14.8 Å². The Morgan fingerprint density at radius 2 is 1.66 bits per heavy atom. The summed E-state index contributed by atoms with van der Waals surface area (Å²) in [7, 11) is 0. The van der Waals surface area contributed by atoms with Crippen molar-refractivity contribution in [3.05, 3.63) is 114 Å². The van der Waals surface area contributed by atoms with Crippen LogP contribution in [-0.2, 0) is 11.2 Å². The van der Waals surface area contributed by atoms with Gasteiger partial charge in [0, 0.05) is 12.1 Å². The molecule has 5 nitrogen and oxygen atoms in total. The molecule has 0 spiro atoms. The number of nitrogens with one attached hydrogen (secondary N) is 1. The maximum absolute atomic E-state index is 12.6. The number of carbonyl (C=O) groups excluding carboxylic acids is 1. The van der Waals surface area contributed by atoms with Crippen molar-refractivity contribution in [3.63, 3.8) is 0 Å². The number of benzene rings is 4. The maximum Gasteiger partial charge on any atom is 0.234 e. The summed E-state index contributed by atoms with van der Waals surface area (Å²) in [5.74, 6) is 1.01. The summed E-state index contributed by atoms with van der Waals surface area (Å²) in [4.78, 5) is 12.6. The molecule has 6 heteroatoms. The van der Waals surface area contributed by atoms with Gasteiger partial charge >= 0.3 is 0 Å². The van der Waals surface area contributed by atoms with E-state index in [1.54, 1.807) is 0 Å². The first-order chi connectivity index (χ1) is 17.1. The van der Waals surface area contributed by atoms with E-state index in [1.165, 1.54) is 33.7 Å². The van der Waals surface area contributed by atoms with Crippen molar-refractivity contribution in [3.8, 4) is 5.69 Å². The molecule has 5 aromatic rings. The average molecular weight is 479 g/mol. The van der Waals surface area contributed by atoms with Crippen LogP contribution in [0.2, 0.25) is 0 Å². The number of para-hydroxylation sites is 1. The molecule has 0 atom stereocenters. The van der Waals surface area contributed by atoms with Crippen LogP contribution in [0, 0.1) is 13.8 Å². The smallest absolute Gasteiger partial charge is 0.234 e. The first kappa shape index (κ1) is 22.9. The summed E-state index contributed by atoms with van der Waals surface area (Å²) in [6, 6.07) is 30.6. The molecule has 5 rings (SSSR count). The van der Waals surface area contributed by atoms with Gasteiger partial charge in [0.2, 0.25) is 5.91 Å². The van der Waals surface area contributed by atoms with Crippen molar-refractivity contribution in [1.29, 1.82) is 0 Å². The summed E-state index contributed by atoms with van der Waals surface area (Å²) in [6.45, 7) is 4.18. The first-order valence-corrected chi connectivity index (χ1v) is 12.5. The van der Waals surface area contributed by atoms with E-state index < -0.39 is 0 Å². The Morgan fingerprint density at radius 3 is 2.49 bits per heavy atom. The van der Waals surface area contributed by atoms with Crippen molar-refractivity contribution in [2.24, 2.45) is 0 Å². The molecule has 1 amide bonds. The Labute approximate surface area is 209 Å². The van der Waals surface area contributed by atoms with Crippen LogP contribution in [0.5, 0.6) is 0 Å². The molecule has 0 fully saturated rings. The number of thioether (sulfide) groups is 1. The van der Waals surface area contributed by atoms with E-state index in [0.29, 0.717) is 11.6 Å². The fourth-order valence-electron chi connectivity index (χ4n) is 4.27. The number of hydrogen-bond acceptors (Lipinski definition) is 4. The molecule has 174 valence electrons. The molecule has 0 aliphatic heterocycles. The molecule has 0 aliphatic carbocycles. The molecule has 0 saturated heterocycles. The standard InChI is InChI=1S/C29H26N4OS/c1-20-15-16-26(21(2)17-20)33-27(18-23-11-8-10-22-9-6-7-14-25(22)23)31-32-29(33)35-19-28(34)30-24-12-4-3-5-13-24/h3-17H,18-19H2,1-2H3,(H,30,34). The Morgan fingerprint density at radius 1 is 0.886 bits per heavy atom. The lowest BCUT2D eigenvalue weighted by atomic mass is 10.0. The van der Waals surface area contributed by atoms with Crippen LogP contribution in [-0.4, -0.2) is 26.4 Å². The van der Waals surface area contributed by atoms with E-state index in [9.17, 15) is 4.79 Å². The summed E-state index contributed by atoms with van der Waals surface area (Å²) < 4.78 is 2.09. The number of aromatic nitrogens is 3. The van der Waals surface area contributed by atoms with Crippen molar-refractivity contribution in [2.75, 3.05) is 11.1 Å². The zero-order valence-corrected chi connectivity index (χ0v) is 20.5. The Hall–Kier alpha value is -3.90. The van der Waals surface area contributed by atoms with Crippen LogP contribution in [0.1, 0.15) is 22.5 Å². The van der Waals surface area contributed by atoms with Crippen molar-refractivity contribution >= 4 is 34.1 Å². The fourth-order valence-corrected chi connectivity index (χ4v) is 5.04. The fraction of sp³-hybridized carbons (Fsp3) is 0.138. The highest BCUT2D eigenvalue weighted by Crippen LogP contribution is 2.28. The predicted octanol–water partition coefficient (Wildman–Crippen LogP) is 6.36. The van der Waals surface area contributed by atoms with Crippen molar-refractivity contribution in [2.45, 2.75) is 25.4 Å². The number of anilines is 1. The predicted molar refractivity (Wildman–Crippen MR) is 143 cm³/mol. The Kier molecular flexibility index (Phi) is 6.64. The molecule has 1 aromatic heterocycles. The van der Waals surface area contributed by atoms with Gasteiger partial charge < -0.3 is 5.32 Å². The Bertz CT molecular complexity index is 1490. The minimum absolute atomic E-state index is 0.0769. The maximum atomic E-state index is 12.6. The third-order valence-corrected chi connectivity index (χ3v) is 6.84. The largest absolute Gasteiger partial charge is 0.325 e. The van der Waals surface area contributed by atoms with Gasteiger partial charge in [0.05, 0.1) is 11.4 Å². The van der Waals surface area contributed by atoms with Gasteiger partial charge in [0.25, 0.3) is 0 Å². The highest BCUT2D eigenvalue weighted by Gasteiger charge is 2.18. The van der Waals surface area contributed by atoms with Crippen molar-refractivity contribution < 1.29 is 4.79 Å². The summed E-state index contributed by atoms with van der Waals surface area (Å²) in [6.07, 6.45) is 0.637. The monoisotopic (exact) mass is 478 g/mol. The second kappa shape index (κ2) is 10.2. The number of aryl methyl sites for hydroxylation is 2. The topological polar surface area (TPSA) is 59.8 Å². The van der Waals surface area contributed by atoms with Crippen LogP contribution in [0.15, 0.2) is 96.2 Å². The lowest BCUT2D eigenvalue weighted by Gasteiger charge is -2.14. The van der Waals surface area contributed by atoms with E-state index in [1.807, 2.05) is 30.3 Å². The number of hydrogen-bond donors (Lipinski definition) is 1. The second-order valence-corrected chi connectivity index (χ2v) is 9.48. The molecule has 1 N–H and O–H groups in total. The minimum Gasteiger partial charge on any atom is -0.325 e. The molecule has 0 bridgehead atoms. The average Bonchev–Trinajstić information content (AvgIpc) is 3.26.